The predicted molar refractivity (Wildman–Crippen MR) is 120 cm³/mol. The maximum atomic E-state index is 14.0. The van der Waals surface area contributed by atoms with Gasteiger partial charge in [0.25, 0.3) is 0 Å². The van der Waals surface area contributed by atoms with Crippen LogP contribution in [0.1, 0.15) is 48.0 Å². The minimum Gasteiger partial charge on any atom is -1.00 e. The van der Waals surface area contributed by atoms with Gasteiger partial charge < -0.3 is 24.8 Å². The van der Waals surface area contributed by atoms with Crippen LogP contribution in [0, 0.1) is 17.6 Å². The Morgan fingerprint density at radius 1 is 0.875 bits per heavy atom. The molecule has 0 heterocycles. The normalized spacial score (nSPS) is 19.0. The van der Waals surface area contributed by atoms with Crippen molar-refractivity contribution in [3.63, 3.8) is 0 Å². The van der Waals surface area contributed by atoms with E-state index in [2.05, 4.69) is 71.1 Å². The minimum atomic E-state index is -2.07. The zero-order valence-corrected chi connectivity index (χ0v) is 24.3. The topological polar surface area (TPSA) is 0 Å². The second kappa shape index (κ2) is 10.6. The first-order valence-electron chi connectivity index (χ1n) is 10.5. The van der Waals surface area contributed by atoms with Gasteiger partial charge in [0.15, 0.2) is 0 Å². The first kappa shape index (κ1) is 27.4. The Balaban J connectivity index is 0.00000181. The van der Waals surface area contributed by atoms with Crippen molar-refractivity contribution in [1.29, 1.82) is 0 Å². The van der Waals surface area contributed by atoms with Gasteiger partial charge in [-0.15, -0.1) is 0 Å². The molecule has 2 unspecified atom stereocenters. The van der Waals surface area contributed by atoms with Gasteiger partial charge in [0.2, 0.25) is 0 Å². The van der Waals surface area contributed by atoms with E-state index in [1.807, 2.05) is 0 Å². The molecular formula is C26H28Cl2F2SiZr. The predicted octanol–water partition coefficient (Wildman–Crippen LogP) is 1.59. The fourth-order valence-corrected chi connectivity index (χ4v) is 24.7. The standard InChI is InChI=1S/C15H9F2.C9H13.C2H6Si.2ClH.Zr/c16-14-8-6-11(9-15(14)17)13-7-5-10-3-1-2-4-12(10)13;1-6-5-7(2)9(4)8(6)3;1-3-2;;;/h1-9H;6H,1-4H3;1-2H3;2*1H;/q;;;;;+2/p-2. The number of halogens is 4. The molecule has 6 heteroatoms. The van der Waals surface area contributed by atoms with Crippen molar-refractivity contribution >= 4 is 11.0 Å². The quantitative estimate of drug-likeness (QED) is 0.494. The van der Waals surface area contributed by atoms with E-state index in [4.69, 9.17) is 0 Å². The van der Waals surface area contributed by atoms with Crippen molar-refractivity contribution in [2.45, 2.75) is 44.4 Å². The molecule has 2 aromatic carbocycles. The third-order valence-electron chi connectivity index (χ3n) is 6.93. The largest absolute Gasteiger partial charge is 1.00 e. The summed E-state index contributed by atoms with van der Waals surface area (Å²) in [6, 6.07) is 12.9. The van der Waals surface area contributed by atoms with Crippen molar-refractivity contribution in [2.24, 2.45) is 5.92 Å². The van der Waals surface area contributed by atoms with Gasteiger partial charge in [0.1, 0.15) is 0 Å². The molecule has 0 aliphatic heterocycles. The molecule has 168 valence electrons. The SMILES string of the molecule is CC1=C(C)C(C)[C]([Zr+2]([CH]2C=C(c3ccc(F)c(F)c3)c3ccccc32)=[Si](C)C)=C1C.[Cl-].[Cl-]. The zero-order valence-electron chi connectivity index (χ0n) is 19.3. The van der Waals surface area contributed by atoms with Crippen LogP contribution in [-0.4, -0.2) is 5.43 Å². The Labute approximate surface area is 210 Å². The van der Waals surface area contributed by atoms with Crippen molar-refractivity contribution in [3.05, 3.63) is 96.9 Å². The van der Waals surface area contributed by atoms with E-state index in [1.165, 1.54) is 40.0 Å². The summed E-state index contributed by atoms with van der Waals surface area (Å²) < 4.78 is 29.8. The first-order chi connectivity index (χ1) is 14.2. The molecule has 0 nitrogen and oxygen atoms in total. The van der Waals surface area contributed by atoms with Crippen LogP contribution < -0.4 is 24.8 Å². The molecule has 2 aliphatic carbocycles. The molecule has 2 aromatic rings. The molecule has 0 saturated carbocycles. The number of fused-ring (bicyclic) bond motifs is 1. The number of allylic oxidation sites excluding steroid dienone is 5. The monoisotopic (exact) mass is 566 g/mol. The fourth-order valence-electron chi connectivity index (χ4n) is 5.06. The van der Waals surface area contributed by atoms with Crippen molar-refractivity contribution < 1.29 is 54.0 Å². The van der Waals surface area contributed by atoms with Gasteiger partial charge in [0.05, 0.1) is 0 Å². The summed E-state index contributed by atoms with van der Waals surface area (Å²) in [6.07, 6.45) is 2.40. The van der Waals surface area contributed by atoms with Crippen LogP contribution in [0.5, 0.6) is 0 Å². The Morgan fingerprint density at radius 3 is 2.09 bits per heavy atom. The molecule has 4 rings (SSSR count). The smallest absolute Gasteiger partial charge is 1.00 e. The van der Waals surface area contributed by atoms with E-state index in [1.54, 1.807) is 9.35 Å². The summed E-state index contributed by atoms with van der Waals surface area (Å²) in [7, 11) is 0. The summed E-state index contributed by atoms with van der Waals surface area (Å²) in [6.45, 7) is 14.3. The molecule has 0 bridgehead atoms. The third-order valence-corrected chi connectivity index (χ3v) is 25.5. The van der Waals surface area contributed by atoms with Gasteiger partial charge in [-0.2, -0.15) is 0 Å². The molecule has 0 spiro atoms. The van der Waals surface area contributed by atoms with Gasteiger partial charge >= 0.3 is 187 Å². The number of hydrogen-bond acceptors (Lipinski definition) is 0. The molecule has 2 atom stereocenters. The van der Waals surface area contributed by atoms with Gasteiger partial charge in [0, 0.05) is 0 Å². The van der Waals surface area contributed by atoms with E-state index in [9.17, 15) is 8.78 Å². The van der Waals surface area contributed by atoms with E-state index in [0.29, 0.717) is 9.54 Å². The molecule has 0 N–H and O–H groups in total. The van der Waals surface area contributed by atoms with Crippen molar-refractivity contribution in [2.75, 3.05) is 0 Å². The Morgan fingerprint density at radius 2 is 1.53 bits per heavy atom. The molecule has 0 aromatic heterocycles. The molecule has 0 radical (unpaired) electrons. The number of benzene rings is 2. The first-order valence-corrected chi connectivity index (χ1v) is 19.4. The van der Waals surface area contributed by atoms with Gasteiger partial charge in [-0.3, -0.25) is 0 Å². The van der Waals surface area contributed by atoms with Crippen LogP contribution in [0.15, 0.2) is 68.5 Å². The van der Waals surface area contributed by atoms with Crippen molar-refractivity contribution in [3.8, 4) is 0 Å². The van der Waals surface area contributed by atoms with E-state index in [0.717, 1.165) is 11.1 Å². The zero-order chi connectivity index (χ0) is 21.7. The van der Waals surface area contributed by atoms with Crippen LogP contribution in [0.3, 0.4) is 0 Å². The number of hydrogen-bond donors (Lipinski definition) is 0. The minimum absolute atomic E-state index is 0. The average Bonchev–Trinajstić information content (AvgIpc) is 3.18. The third kappa shape index (κ3) is 4.58. The fraction of sp³-hybridized carbons (Fsp3) is 0.308. The van der Waals surface area contributed by atoms with Gasteiger partial charge in [-0.25, -0.2) is 0 Å². The van der Waals surface area contributed by atoms with Gasteiger partial charge in [-0.1, -0.05) is 0 Å². The van der Waals surface area contributed by atoms with Crippen LogP contribution in [0.4, 0.5) is 8.78 Å². The van der Waals surface area contributed by atoms with Crippen LogP contribution in [0.2, 0.25) is 13.1 Å². The molecule has 32 heavy (non-hydrogen) atoms. The van der Waals surface area contributed by atoms with E-state index < -0.39 is 37.4 Å². The Kier molecular flexibility index (Phi) is 9.12. The Bertz CT molecular complexity index is 1190. The summed E-state index contributed by atoms with van der Waals surface area (Å²) in [5.41, 5.74) is 8.51. The van der Waals surface area contributed by atoms with Crippen molar-refractivity contribution in [1.82, 2.24) is 0 Å². The molecule has 0 amide bonds. The van der Waals surface area contributed by atoms with Gasteiger partial charge in [-0.05, 0) is 0 Å². The molecule has 2 aliphatic rings. The van der Waals surface area contributed by atoms with Crippen LogP contribution in [-0.2, 0) is 20.4 Å². The molecular weight excluding hydrogens is 540 g/mol. The summed E-state index contributed by atoms with van der Waals surface area (Å²) >= 11 is -2.07. The van der Waals surface area contributed by atoms with E-state index >= 15 is 0 Å². The molecule has 0 fully saturated rings. The second-order valence-electron chi connectivity index (χ2n) is 8.76. The summed E-state index contributed by atoms with van der Waals surface area (Å²) in [5, 5.41) is 0. The number of rotatable bonds is 3. The van der Waals surface area contributed by atoms with Crippen LogP contribution >= 0.6 is 0 Å². The van der Waals surface area contributed by atoms with E-state index in [-0.39, 0.29) is 24.8 Å². The Hall–Kier alpha value is -0.800. The summed E-state index contributed by atoms with van der Waals surface area (Å²) in [4.78, 5) is 0. The second-order valence-corrected chi connectivity index (χ2v) is 26.2. The average molecular weight is 569 g/mol. The maximum Gasteiger partial charge on any atom is -1.00 e. The maximum absolute atomic E-state index is 14.0. The van der Waals surface area contributed by atoms with Crippen LogP contribution in [0.25, 0.3) is 5.57 Å². The summed E-state index contributed by atoms with van der Waals surface area (Å²) in [5.74, 6) is -1.02. The molecule has 0 saturated heterocycles.